The molecule has 0 spiro atoms. The van der Waals surface area contributed by atoms with E-state index in [1.165, 1.54) is 0 Å². The number of nitrogens with one attached hydrogen (secondary N) is 2. The van der Waals surface area contributed by atoms with Gasteiger partial charge in [-0.15, -0.1) is 5.10 Å². The summed E-state index contributed by atoms with van der Waals surface area (Å²) >= 11 is 6.34. The number of aromatic amines is 1. The first-order valence-corrected chi connectivity index (χ1v) is 7.40. The van der Waals surface area contributed by atoms with E-state index in [4.69, 9.17) is 0 Å². The molecule has 112 valence electrons. The SMILES string of the molecule is CCn1ncc(Br)c1CNC(=O)c1n[nH]c([N+](=O)[O-])c1Br. The van der Waals surface area contributed by atoms with Gasteiger partial charge in [0.05, 0.1) is 22.9 Å². The summed E-state index contributed by atoms with van der Waals surface area (Å²) in [5.41, 5.74) is 0.729. The minimum atomic E-state index is -0.656. The average Bonchev–Trinajstić information content (AvgIpc) is 2.99. The molecule has 0 aromatic carbocycles. The van der Waals surface area contributed by atoms with Gasteiger partial charge in [-0.2, -0.15) is 5.10 Å². The molecule has 0 unspecified atom stereocenters. The number of carbonyl (C=O) groups excluding carboxylic acids is 1. The van der Waals surface area contributed by atoms with Crippen LogP contribution in [0.15, 0.2) is 15.1 Å². The number of rotatable bonds is 5. The van der Waals surface area contributed by atoms with Gasteiger partial charge in [-0.3, -0.25) is 9.48 Å². The van der Waals surface area contributed by atoms with E-state index in [-0.39, 0.29) is 22.5 Å². The van der Waals surface area contributed by atoms with Crippen LogP contribution in [0.5, 0.6) is 0 Å². The predicted octanol–water partition coefficient (Wildman–Crippen LogP) is 1.99. The van der Waals surface area contributed by atoms with Crippen LogP contribution in [0.4, 0.5) is 5.82 Å². The zero-order chi connectivity index (χ0) is 15.6. The summed E-state index contributed by atoms with van der Waals surface area (Å²) in [6.07, 6.45) is 1.64. The van der Waals surface area contributed by atoms with Crippen molar-refractivity contribution < 1.29 is 9.72 Å². The van der Waals surface area contributed by atoms with Crippen molar-refractivity contribution in [3.05, 3.63) is 36.6 Å². The van der Waals surface area contributed by atoms with Crippen molar-refractivity contribution in [2.24, 2.45) is 0 Å². The van der Waals surface area contributed by atoms with E-state index in [0.717, 1.165) is 10.2 Å². The molecule has 0 radical (unpaired) electrons. The number of aromatic nitrogens is 4. The highest BCUT2D eigenvalue weighted by Gasteiger charge is 2.24. The molecule has 0 saturated carbocycles. The van der Waals surface area contributed by atoms with E-state index in [9.17, 15) is 14.9 Å². The number of nitrogens with zero attached hydrogens (tertiary/aromatic N) is 4. The Kier molecular flexibility index (Phi) is 4.73. The molecule has 2 heterocycles. The van der Waals surface area contributed by atoms with Crippen LogP contribution in [0.1, 0.15) is 23.1 Å². The molecular weight excluding hydrogens is 412 g/mol. The fourth-order valence-corrected chi connectivity index (χ4v) is 2.61. The third-order valence-electron chi connectivity index (χ3n) is 2.70. The molecule has 0 bridgehead atoms. The largest absolute Gasteiger partial charge is 0.358 e. The van der Waals surface area contributed by atoms with Gasteiger partial charge in [-0.25, -0.2) is 0 Å². The van der Waals surface area contributed by atoms with Gasteiger partial charge in [0, 0.05) is 6.54 Å². The normalized spacial score (nSPS) is 10.6. The van der Waals surface area contributed by atoms with Crippen LogP contribution < -0.4 is 5.32 Å². The van der Waals surface area contributed by atoms with Gasteiger partial charge < -0.3 is 15.4 Å². The van der Waals surface area contributed by atoms with Gasteiger partial charge in [0.2, 0.25) is 0 Å². The number of amides is 1. The van der Waals surface area contributed by atoms with Gasteiger partial charge >= 0.3 is 5.82 Å². The average molecular weight is 422 g/mol. The van der Waals surface area contributed by atoms with Gasteiger partial charge in [0.1, 0.15) is 4.47 Å². The Morgan fingerprint density at radius 2 is 2.29 bits per heavy atom. The predicted molar refractivity (Wildman–Crippen MR) is 79.7 cm³/mol. The smallest absolute Gasteiger partial charge is 0.357 e. The van der Waals surface area contributed by atoms with Gasteiger partial charge in [0.15, 0.2) is 5.69 Å². The molecule has 2 aromatic heterocycles. The van der Waals surface area contributed by atoms with Gasteiger partial charge in [0.25, 0.3) is 5.91 Å². The molecule has 1 amide bonds. The van der Waals surface area contributed by atoms with E-state index < -0.39 is 10.8 Å². The molecule has 0 aliphatic heterocycles. The lowest BCUT2D eigenvalue weighted by molar-refractivity contribution is -0.390. The summed E-state index contributed by atoms with van der Waals surface area (Å²) in [6.45, 7) is 2.81. The summed E-state index contributed by atoms with van der Waals surface area (Å²) < 4.78 is 2.52. The third kappa shape index (κ3) is 3.13. The molecule has 0 aliphatic carbocycles. The number of halogens is 2. The molecule has 0 atom stereocenters. The lowest BCUT2D eigenvalue weighted by Crippen LogP contribution is -2.25. The quantitative estimate of drug-likeness (QED) is 0.565. The Balaban J connectivity index is 2.12. The van der Waals surface area contributed by atoms with Crippen molar-refractivity contribution in [1.29, 1.82) is 0 Å². The Morgan fingerprint density at radius 3 is 2.86 bits per heavy atom. The Bertz CT molecular complexity index is 695. The van der Waals surface area contributed by atoms with Crippen molar-refractivity contribution in [3.8, 4) is 0 Å². The second-order valence-corrected chi connectivity index (χ2v) is 5.58. The van der Waals surface area contributed by atoms with Crippen LogP contribution in [0.25, 0.3) is 0 Å². The van der Waals surface area contributed by atoms with E-state index in [0.29, 0.717) is 6.54 Å². The monoisotopic (exact) mass is 420 g/mol. The fraction of sp³-hybridized carbons (Fsp3) is 0.300. The van der Waals surface area contributed by atoms with Crippen LogP contribution in [-0.2, 0) is 13.1 Å². The van der Waals surface area contributed by atoms with Crippen LogP contribution in [0.2, 0.25) is 0 Å². The highest BCUT2D eigenvalue weighted by Crippen LogP contribution is 2.25. The van der Waals surface area contributed by atoms with Crippen molar-refractivity contribution in [2.75, 3.05) is 0 Å². The topological polar surface area (TPSA) is 119 Å². The minimum absolute atomic E-state index is 0.0214. The molecule has 11 heteroatoms. The second kappa shape index (κ2) is 6.35. The highest BCUT2D eigenvalue weighted by atomic mass is 79.9. The first-order valence-electron chi connectivity index (χ1n) is 5.82. The molecule has 2 rings (SSSR count). The lowest BCUT2D eigenvalue weighted by atomic mass is 10.3. The molecule has 2 aromatic rings. The van der Waals surface area contributed by atoms with Crippen LogP contribution in [-0.4, -0.2) is 30.8 Å². The third-order valence-corrected chi connectivity index (χ3v) is 4.11. The van der Waals surface area contributed by atoms with Crippen molar-refractivity contribution in [2.45, 2.75) is 20.0 Å². The molecular formula is C10H10Br2N6O3. The maximum atomic E-state index is 12.0. The van der Waals surface area contributed by atoms with E-state index in [2.05, 4.69) is 52.5 Å². The molecule has 0 saturated heterocycles. The number of carbonyl (C=O) groups is 1. The standard InChI is InChI=1S/C10H10Br2N6O3/c1-2-17-6(5(11)3-14-17)4-13-10(19)8-7(12)9(16-15-8)18(20)21/h3H,2,4H2,1H3,(H,13,19)(H,15,16). The van der Waals surface area contributed by atoms with Crippen LogP contribution in [0.3, 0.4) is 0 Å². The zero-order valence-corrected chi connectivity index (χ0v) is 13.9. The molecule has 0 aliphatic rings. The lowest BCUT2D eigenvalue weighted by Gasteiger charge is -2.06. The maximum Gasteiger partial charge on any atom is 0.357 e. The Morgan fingerprint density at radius 1 is 1.57 bits per heavy atom. The number of nitro groups is 1. The molecule has 2 N–H and O–H groups in total. The molecule has 21 heavy (non-hydrogen) atoms. The molecule has 9 nitrogen and oxygen atoms in total. The first kappa shape index (κ1) is 15.6. The summed E-state index contributed by atoms with van der Waals surface area (Å²) in [7, 11) is 0. The zero-order valence-electron chi connectivity index (χ0n) is 10.8. The summed E-state index contributed by atoms with van der Waals surface area (Å²) in [5, 5.41) is 23.3. The van der Waals surface area contributed by atoms with Gasteiger partial charge in [-0.1, -0.05) is 5.10 Å². The number of aryl methyl sites for hydroxylation is 1. The van der Waals surface area contributed by atoms with Gasteiger partial charge in [-0.05, 0) is 43.7 Å². The fourth-order valence-electron chi connectivity index (χ4n) is 1.67. The van der Waals surface area contributed by atoms with Crippen molar-refractivity contribution >= 4 is 43.6 Å². The summed E-state index contributed by atoms with van der Waals surface area (Å²) in [5.74, 6) is -0.887. The second-order valence-electron chi connectivity index (χ2n) is 3.93. The van der Waals surface area contributed by atoms with E-state index in [1.807, 2.05) is 6.92 Å². The number of hydrogen-bond acceptors (Lipinski definition) is 5. The number of H-pyrrole nitrogens is 1. The maximum absolute atomic E-state index is 12.0. The first-order chi connectivity index (χ1) is 9.95. The Labute approximate surface area is 135 Å². The highest BCUT2D eigenvalue weighted by molar-refractivity contribution is 9.11. The van der Waals surface area contributed by atoms with E-state index >= 15 is 0 Å². The van der Waals surface area contributed by atoms with Crippen molar-refractivity contribution in [3.63, 3.8) is 0 Å². The van der Waals surface area contributed by atoms with Crippen LogP contribution >= 0.6 is 31.9 Å². The van der Waals surface area contributed by atoms with Crippen molar-refractivity contribution in [1.82, 2.24) is 25.3 Å². The summed E-state index contributed by atoms with van der Waals surface area (Å²) in [6, 6.07) is 0. The van der Waals surface area contributed by atoms with E-state index in [1.54, 1.807) is 10.9 Å². The molecule has 0 fully saturated rings. The van der Waals surface area contributed by atoms with Crippen LogP contribution in [0, 0.1) is 10.1 Å². The number of hydrogen-bond donors (Lipinski definition) is 2. The minimum Gasteiger partial charge on any atom is -0.358 e. The Hall–Kier alpha value is -1.75. The summed E-state index contributed by atoms with van der Waals surface area (Å²) in [4.78, 5) is 22.0.